The molecule has 0 atom stereocenters. The molecule has 0 radical (unpaired) electrons. The Hall–Kier alpha value is -2.62. The maximum absolute atomic E-state index is 5.90. The van der Waals surface area contributed by atoms with Crippen molar-refractivity contribution in [3.05, 3.63) is 58.7 Å². The predicted octanol–water partition coefficient (Wildman–Crippen LogP) is 4.64. The van der Waals surface area contributed by atoms with E-state index in [1.165, 1.54) is 0 Å². The first-order valence-corrected chi connectivity index (χ1v) is 8.61. The molecule has 2 aromatic rings. The van der Waals surface area contributed by atoms with E-state index in [0.29, 0.717) is 12.5 Å². The van der Waals surface area contributed by atoms with Gasteiger partial charge in [0.25, 0.3) is 5.90 Å². The van der Waals surface area contributed by atoms with Crippen molar-refractivity contribution in [3.8, 4) is 0 Å². The van der Waals surface area contributed by atoms with Gasteiger partial charge in [-0.1, -0.05) is 36.4 Å². The molecular formula is C21H25N3O. The van der Waals surface area contributed by atoms with E-state index >= 15 is 0 Å². The van der Waals surface area contributed by atoms with Crippen molar-refractivity contribution in [2.45, 2.75) is 27.7 Å². The van der Waals surface area contributed by atoms with E-state index in [2.05, 4.69) is 62.9 Å². The second kappa shape index (κ2) is 7.09. The highest BCUT2D eigenvalue weighted by atomic mass is 16.5. The lowest BCUT2D eigenvalue weighted by Gasteiger charge is -2.28. The number of nitrogens with zero attached hydrogens (tertiary/aromatic N) is 3. The molecule has 0 aromatic heterocycles. The Bertz CT molecular complexity index is 812. The third kappa shape index (κ3) is 3.58. The van der Waals surface area contributed by atoms with Crippen LogP contribution < -0.4 is 0 Å². The lowest BCUT2D eigenvalue weighted by molar-refractivity contribution is 0.252. The topological polar surface area (TPSA) is 37.2 Å². The van der Waals surface area contributed by atoms with E-state index in [0.717, 1.165) is 46.0 Å². The van der Waals surface area contributed by atoms with Crippen LogP contribution in [0.1, 0.15) is 22.3 Å². The summed E-state index contributed by atoms with van der Waals surface area (Å²) in [6, 6.07) is 12.4. The summed E-state index contributed by atoms with van der Waals surface area (Å²) in [5, 5.41) is 0. The van der Waals surface area contributed by atoms with Crippen LogP contribution >= 0.6 is 0 Å². The van der Waals surface area contributed by atoms with E-state index in [1.54, 1.807) is 0 Å². The fourth-order valence-corrected chi connectivity index (χ4v) is 3.00. The van der Waals surface area contributed by atoms with Gasteiger partial charge >= 0.3 is 0 Å². The minimum Gasteiger partial charge on any atom is -0.473 e. The van der Waals surface area contributed by atoms with Crippen molar-refractivity contribution in [2.75, 3.05) is 20.2 Å². The number of hydrogen-bond donors (Lipinski definition) is 0. The standard InChI is InChI=1S/C21H25N3O/c1-14-8-6-9-15(2)18(14)22-20-21(25-13-12-24(20)5)23-19-16(3)10-7-11-17(19)4/h6-11H,12-13H2,1-5H3. The molecule has 1 aliphatic rings. The van der Waals surface area contributed by atoms with E-state index in [9.17, 15) is 0 Å². The molecule has 130 valence electrons. The van der Waals surface area contributed by atoms with Crippen LogP contribution in [0.4, 0.5) is 11.4 Å². The van der Waals surface area contributed by atoms with Crippen LogP contribution in [0.2, 0.25) is 0 Å². The van der Waals surface area contributed by atoms with Gasteiger partial charge < -0.3 is 9.64 Å². The number of ether oxygens (including phenoxy) is 1. The Balaban J connectivity index is 2.12. The number of amidine groups is 1. The van der Waals surface area contributed by atoms with Crippen molar-refractivity contribution >= 4 is 23.1 Å². The van der Waals surface area contributed by atoms with Gasteiger partial charge in [0.2, 0.25) is 0 Å². The van der Waals surface area contributed by atoms with Crippen LogP contribution in [-0.2, 0) is 4.74 Å². The Morgan fingerprint density at radius 1 is 0.800 bits per heavy atom. The van der Waals surface area contributed by atoms with Gasteiger partial charge in [-0.25, -0.2) is 9.98 Å². The summed E-state index contributed by atoms with van der Waals surface area (Å²) in [7, 11) is 2.04. The minimum absolute atomic E-state index is 0.591. The average Bonchev–Trinajstić information content (AvgIpc) is 2.56. The third-order valence-corrected chi connectivity index (χ3v) is 4.53. The SMILES string of the molecule is Cc1cccc(C)c1N=C1OCCN(C)C1=Nc1c(C)cccc1C. The summed E-state index contributed by atoms with van der Waals surface area (Å²) in [5.41, 5.74) is 6.52. The lowest BCUT2D eigenvalue weighted by atomic mass is 10.1. The molecule has 0 unspecified atom stereocenters. The third-order valence-electron chi connectivity index (χ3n) is 4.53. The van der Waals surface area contributed by atoms with Crippen LogP contribution in [0, 0.1) is 27.7 Å². The molecule has 1 saturated heterocycles. The van der Waals surface area contributed by atoms with Gasteiger partial charge in [0.15, 0.2) is 5.84 Å². The molecule has 0 N–H and O–H groups in total. The number of likely N-dealkylation sites (N-methyl/N-ethyl adjacent to an activating group) is 1. The van der Waals surface area contributed by atoms with Gasteiger partial charge in [0.1, 0.15) is 6.61 Å². The molecule has 0 spiro atoms. The summed E-state index contributed by atoms with van der Waals surface area (Å²) in [5.74, 6) is 1.38. The van der Waals surface area contributed by atoms with Crippen molar-refractivity contribution in [2.24, 2.45) is 9.98 Å². The van der Waals surface area contributed by atoms with Crippen LogP contribution in [-0.4, -0.2) is 36.8 Å². The van der Waals surface area contributed by atoms with Gasteiger partial charge in [-0.2, -0.15) is 0 Å². The van der Waals surface area contributed by atoms with E-state index in [1.807, 2.05) is 13.1 Å². The fraction of sp³-hybridized carbons (Fsp3) is 0.333. The zero-order chi connectivity index (χ0) is 18.0. The van der Waals surface area contributed by atoms with Gasteiger partial charge in [0, 0.05) is 7.05 Å². The summed E-state index contributed by atoms with van der Waals surface area (Å²) in [4.78, 5) is 11.9. The normalized spacial score (nSPS) is 17.9. The molecule has 1 heterocycles. The lowest BCUT2D eigenvalue weighted by Crippen LogP contribution is -2.42. The maximum Gasteiger partial charge on any atom is 0.258 e. The summed E-state index contributed by atoms with van der Waals surface area (Å²) >= 11 is 0. The second-order valence-electron chi connectivity index (χ2n) is 6.60. The monoisotopic (exact) mass is 335 g/mol. The molecular weight excluding hydrogens is 310 g/mol. The smallest absolute Gasteiger partial charge is 0.258 e. The van der Waals surface area contributed by atoms with Crippen molar-refractivity contribution < 1.29 is 4.74 Å². The largest absolute Gasteiger partial charge is 0.473 e. The quantitative estimate of drug-likeness (QED) is 0.801. The predicted molar refractivity (Wildman–Crippen MR) is 105 cm³/mol. The Morgan fingerprint density at radius 3 is 1.80 bits per heavy atom. The summed E-state index contributed by atoms with van der Waals surface area (Å²) < 4.78 is 5.90. The molecule has 4 heteroatoms. The first kappa shape index (κ1) is 17.2. The molecule has 3 rings (SSSR count). The summed E-state index contributed by atoms with van der Waals surface area (Å²) in [6.45, 7) is 9.72. The second-order valence-corrected chi connectivity index (χ2v) is 6.60. The molecule has 0 bridgehead atoms. The number of benzene rings is 2. The minimum atomic E-state index is 0.591. The molecule has 0 amide bonds. The maximum atomic E-state index is 5.90. The van der Waals surface area contributed by atoms with Crippen LogP contribution in [0.15, 0.2) is 46.4 Å². The van der Waals surface area contributed by atoms with Crippen molar-refractivity contribution in [3.63, 3.8) is 0 Å². The van der Waals surface area contributed by atoms with Gasteiger partial charge in [0.05, 0.1) is 17.9 Å². The van der Waals surface area contributed by atoms with E-state index in [-0.39, 0.29) is 0 Å². The molecule has 0 saturated carbocycles. The Kier molecular flexibility index (Phi) is 4.88. The average molecular weight is 335 g/mol. The highest BCUT2D eigenvalue weighted by Crippen LogP contribution is 2.27. The highest BCUT2D eigenvalue weighted by molar-refractivity contribution is 6.39. The number of rotatable bonds is 2. The zero-order valence-corrected chi connectivity index (χ0v) is 15.6. The Labute approximate surface area is 149 Å². The number of morpholine rings is 1. The zero-order valence-electron chi connectivity index (χ0n) is 15.6. The molecule has 25 heavy (non-hydrogen) atoms. The first-order valence-electron chi connectivity index (χ1n) is 8.61. The number of hydrogen-bond acceptors (Lipinski definition) is 3. The van der Waals surface area contributed by atoms with Crippen LogP contribution in [0.5, 0.6) is 0 Å². The van der Waals surface area contributed by atoms with E-state index < -0.39 is 0 Å². The number of aliphatic imine (C=N–C) groups is 2. The number of para-hydroxylation sites is 2. The summed E-state index contributed by atoms with van der Waals surface area (Å²) in [6.07, 6.45) is 0. The fourth-order valence-electron chi connectivity index (χ4n) is 3.00. The molecule has 1 fully saturated rings. The van der Waals surface area contributed by atoms with Crippen LogP contribution in [0.25, 0.3) is 0 Å². The van der Waals surface area contributed by atoms with Gasteiger partial charge in [-0.15, -0.1) is 0 Å². The molecule has 1 aliphatic heterocycles. The molecule has 2 aromatic carbocycles. The first-order chi connectivity index (χ1) is 12.0. The molecule has 0 aliphatic carbocycles. The Morgan fingerprint density at radius 2 is 1.28 bits per heavy atom. The van der Waals surface area contributed by atoms with E-state index in [4.69, 9.17) is 14.7 Å². The van der Waals surface area contributed by atoms with Crippen molar-refractivity contribution in [1.82, 2.24) is 4.90 Å². The highest BCUT2D eigenvalue weighted by Gasteiger charge is 2.23. The molecule has 4 nitrogen and oxygen atoms in total. The van der Waals surface area contributed by atoms with Gasteiger partial charge in [-0.3, -0.25) is 0 Å². The van der Waals surface area contributed by atoms with Crippen molar-refractivity contribution in [1.29, 1.82) is 0 Å². The van der Waals surface area contributed by atoms with Crippen LogP contribution in [0.3, 0.4) is 0 Å². The number of aryl methyl sites for hydroxylation is 4. The van der Waals surface area contributed by atoms with Gasteiger partial charge in [-0.05, 0) is 49.9 Å².